The molecule has 1 N–H and O–H groups in total. The molecule has 3 heterocycles. The van der Waals surface area contributed by atoms with Crippen LogP contribution in [0.3, 0.4) is 0 Å². The lowest BCUT2D eigenvalue weighted by molar-refractivity contribution is -0.162. The zero-order valence-electron chi connectivity index (χ0n) is 20.7. The molecule has 0 aromatic rings. The molecule has 3 saturated heterocycles. The lowest BCUT2D eigenvalue weighted by Gasteiger charge is -2.40. The molecule has 4 rings (SSSR count). The van der Waals surface area contributed by atoms with E-state index in [-0.39, 0.29) is 37.6 Å². The molecule has 8 nitrogen and oxygen atoms in total. The first-order valence-electron chi connectivity index (χ1n) is 13.1. The third-order valence-corrected chi connectivity index (χ3v) is 8.64. The Morgan fingerprint density at radius 3 is 2.62 bits per heavy atom. The second-order valence-corrected chi connectivity index (χ2v) is 10.3. The fourth-order valence-corrected chi connectivity index (χ4v) is 7.18. The van der Waals surface area contributed by atoms with Crippen LogP contribution in [-0.4, -0.2) is 82.3 Å². The van der Waals surface area contributed by atoms with Crippen molar-refractivity contribution in [1.82, 2.24) is 9.80 Å². The van der Waals surface area contributed by atoms with E-state index in [1.54, 1.807) is 17.9 Å². The number of fused-ring (bicyclic) bond motifs is 1. The number of nitrogens with zero attached hydrogens (tertiary/aromatic N) is 2. The minimum Gasteiger partial charge on any atom is -0.466 e. The number of hydrogen-bond acceptors (Lipinski definition) is 6. The largest absolute Gasteiger partial charge is 0.466 e. The van der Waals surface area contributed by atoms with Gasteiger partial charge in [-0.1, -0.05) is 32.3 Å². The van der Waals surface area contributed by atoms with Crippen LogP contribution in [0.25, 0.3) is 0 Å². The molecule has 0 radical (unpaired) electrons. The van der Waals surface area contributed by atoms with Gasteiger partial charge in [0.25, 0.3) is 0 Å². The van der Waals surface area contributed by atoms with Crippen molar-refractivity contribution in [3.05, 3.63) is 12.7 Å². The first-order chi connectivity index (χ1) is 16.4. The van der Waals surface area contributed by atoms with Crippen LogP contribution in [0.5, 0.6) is 0 Å². The Kier molecular flexibility index (Phi) is 7.38. The van der Waals surface area contributed by atoms with Crippen molar-refractivity contribution in [2.75, 3.05) is 26.3 Å². The maximum atomic E-state index is 14.3. The van der Waals surface area contributed by atoms with Gasteiger partial charge in [-0.05, 0) is 45.4 Å². The summed E-state index contributed by atoms with van der Waals surface area (Å²) in [7, 11) is 0. The number of amides is 2. The van der Waals surface area contributed by atoms with Gasteiger partial charge in [-0.2, -0.15) is 0 Å². The predicted octanol–water partition coefficient (Wildman–Crippen LogP) is 2.43. The van der Waals surface area contributed by atoms with Crippen molar-refractivity contribution in [2.24, 2.45) is 11.8 Å². The van der Waals surface area contributed by atoms with E-state index in [1.165, 1.54) is 6.42 Å². The number of carbonyl (C=O) groups is 3. The highest BCUT2D eigenvalue weighted by Crippen LogP contribution is 2.64. The second kappa shape index (κ2) is 9.97. The van der Waals surface area contributed by atoms with E-state index in [0.717, 1.165) is 25.7 Å². The molecule has 190 valence electrons. The summed E-state index contributed by atoms with van der Waals surface area (Å²) in [4.78, 5) is 44.8. The van der Waals surface area contributed by atoms with Crippen LogP contribution in [0.15, 0.2) is 12.7 Å². The van der Waals surface area contributed by atoms with Gasteiger partial charge in [0.2, 0.25) is 11.8 Å². The highest BCUT2D eigenvalue weighted by molar-refractivity contribution is 5.98. The molecule has 1 aliphatic carbocycles. The number of aliphatic hydroxyl groups excluding tert-OH is 1. The standard InChI is InChI=1S/C26H40N2O6/c1-4-15-27(18-11-8-7-9-12-18)23(31)21-26-14-13-25(5-2,34-26)20(24(32)33-6-3)19(26)22(30)28(21)16-10-17-29/h4,18-21,29H,1,5-17H2,2-3H3/t19-,20-,21?,25+,26?/m0/s1. The maximum Gasteiger partial charge on any atom is 0.312 e. The Bertz CT molecular complexity index is 811. The molecule has 0 aromatic heterocycles. The Morgan fingerprint density at radius 1 is 1.26 bits per heavy atom. The second-order valence-electron chi connectivity index (χ2n) is 10.3. The number of likely N-dealkylation sites (tertiary alicyclic amines) is 1. The molecule has 4 aliphatic rings. The van der Waals surface area contributed by atoms with Crippen LogP contribution >= 0.6 is 0 Å². The van der Waals surface area contributed by atoms with Crippen LogP contribution in [-0.2, 0) is 23.9 Å². The minimum atomic E-state index is -1.04. The maximum absolute atomic E-state index is 14.3. The summed E-state index contributed by atoms with van der Waals surface area (Å²) in [6.07, 6.45) is 9.10. The molecule has 2 amide bonds. The quantitative estimate of drug-likeness (QED) is 0.384. The summed E-state index contributed by atoms with van der Waals surface area (Å²) in [6, 6.07) is -0.685. The Morgan fingerprint density at radius 2 is 2.00 bits per heavy atom. The van der Waals surface area contributed by atoms with Crippen molar-refractivity contribution in [2.45, 2.75) is 94.9 Å². The number of aliphatic hydroxyl groups is 1. The van der Waals surface area contributed by atoms with Gasteiger partial charge in [-0.15, -0.1) is 6.58 Å². The molecule has 2 bridgehead atoms. The zero-order valence-corrected chi connectivity index (χ0v) is 20.7. The minimum absolute atomic E-state index is 0.0809. The number of esters is 1. The van der Waals surface area contributed by atoms with Gasteiger partial charge in [0.05, 0.1) is 18.1 Å². The molecule has 1 spiro atoms. The first kappa shape index (κ1) is 25.2. The SMILES string of the molecule is C=CCN(C(=O)C1N(CCCO)C(=O)[C@@H]2[C@@H](C(=O)OCC)[C@@]3(CC)CCC12O3)C1CCCCC1. The van der Waals surface area contributed by atoms with E-state index in [0.29, 0.717) is 32.2 Å². The van der Waals surface area contributed by atoms with Crippen LogP contribution in [0, 0.1) is 11.8 Å². The highest BCUT2D eigenvalue weighted by Gasteiger charge is 2.79. The van der Waals surface area contributed by atoms with Crippen LogP contribution in [0.4, 0.5) is 0 Å². The third kappa shape index (κ3) is 3.77. The van der Waals surface area contributed by atoms with Gasteiger partial charge < -0.3 is 24.4 Å². The fraction of sp³-hybridized carbons (Fsp3) is 0.808. The van der Waals surface area contributed by atoms with E-state index in [2.05, 4.69) is 6.58 Å². The van der Waals surface area contributed by atoms with Crippen molar-refractivity contribution < 1.29 is 29.0 Å². The van der Waals surface area contributed by atoms with Crippen LogP contribution < -0.4 is 0 Å². The van der Waals surface area contributed by atoms with Crippen molar-refractivity contribution >= 4 is 17.8 Å². The molecule has 4 fully saturated rings. The highest BCUT2D eigenvalue weighted by atomic mass is 16.6. The van der Waals surface area contributed by atoms with Gasteiger partial charge in [-0.3, -0.25) is 14.4 Å². The Balaban J connectivity index is 1.75. The molecule has 1 saturated carbocycles. The molecule has 8 heteroatoms. The Labute approximate surface area is 202 Å². The number of hydrogen-bond donors (Lipinski definition) is 1. The molecular formula is C26H40N2O6. The summed E-state index contributed by atoms with van der Waals surface area (Å²) in [5.41, 5.74) is -1.81. The third-order valence-electron chi connectivity index (χ3n) is 8.64. The normalized spacial score (nSPS) is 34.9. The summed E-state index contributed by atoms with van der Waals surface area (Å²) in [5.74, 6) is -2.19. The number of carbonyl (C=O) groups excluding carboxylic acids is 3. The van der Waals surface area contributed by atoms with E-state index in [4.69, 9.17) is 9.47 Å². The van der Waals surface area contributed by atoms with Crippen molar-refractivity contribution in [3.63, 3.8) is 0 Å². The average Bonchev–Trinajstić information content (AvgIpc) is 3.45. The van der Waals surface area contributed by atoms with E-state index < -0.39 is 35.0 Å². The summed E-state index contributed by atoms with van der Waals surface area (Å²) in [5, 5.41) is 9.50. The lowest BCUT2D eigenvalue weighted by atomic mass is 9.65. The summed E-state index contributed by atoms with van der Waals surface area (Å²) in [6.45, 7) is 8.44. The smallest absolute Gasteiger partial charge is 0.312 e. The first-order valence-corrected chi connectivity index (χ1v) is 13.1. The lowest BCUT2D eigenvalue weighted by Crippen LogP contribution is -2.58. The Hall–Kier alpha value is -1.93. The molecule has 3 aliphatic heterocycles. The molecule has 34 heavy (non-hydrogen) atoms. The predicted molar refractivity (Wildman–Crippen MR) is 126 cm³/mol. The van der Waals surface area contributed by atoms with E-state index in [9.17, 15) is 19.5 Å². The molecule has 0 aromatic carbocycles. The van der Waals surface area contributed by atoms with Gasteiger partial charge in [0.15, 0.2) is 0 Å². The topological polar surface area (TPSA) is 96.4 Å². The van der Waals surface area contributed by atoms with Crippen LogP contribution in [0.1, 0.15) is 71.6 Å². The van der Waals surface area contributed by atoms with Crippen molar-refractivity contribution in [3.8, 4) is 0 Å². The van der Waals surface area contributed by atoms with Crippen LogP contribution in [0.2, 0.25) is 0 Å². The van der Waals surface area contributed by atoms with E-state index >= 15 is 0 Å². The average molecular weight is 477 g/mol. The van der Waals surface area contributed by atoms with Crippen molar-refractivity contribution in [1.29, 1.82) is 0 Å². The monoisotopic (exact) mass is 476 g/mol. The molecule has 2 unspecified atom stereocenters. The number of rotatable bonds is 10. The zero-order chi connectivity index (χ0) is 24.5. The molecular weight excluding hydrogens is 436 g/mol. The summed E-state index contributed by atoms with van der Waals surface area (Å²) < 4.78 is 12.1. The van der Waals surface area contributed by atoms with Gasteiger partial charge in [0.1, 0.15) is 17.6 Å². The number of ether oxygens (including phenoxy) is 2. The van der Waals surface area contributed by atoms with Gasteiger partial charge in [0, 0.05) is 25.7 Å². The van der Waals surface area contributed by atoms with Gasteiger partial charge in [-0.25, -0.2) is 0 Å². The van der Waals surface area contributed by atoms with E-state index in [1.807, 2.05) is 11.8 Å². The summed E-state index contributed by atoms with van der Waals surface area (Å²) >= 11 is 0. The van der Waals surface area contributed by atoms with Gasteiger partial charge >= 0.3 is 5.97 Å². The molecule has 5 atom stereocenters. The fourth-order valence-electron chi connectivity index (χ4n) is 7.18.